The molecule has 0 radical (unpaired) electrons. The van der Waals surface area contributed by atoms with E-state index in [1.165, 1.54) is 18.0 Å². The van der Waals surface area contributed by atoms with Crippen molar-refractivity contribution in [1.29, 1.82) is 0 Å². The average molecular weight is 312 g/mol. The molecular formula is C16H29NOSSi. The van der Waals surface area contributed by atoms with E-state index in [1.54, 1.807) is 0 Å². The molecule has 1 rings (SSSR count). The second-order valence-electron chi connectivity index (χ2n) is 5.24. The third kappa shape index (κ3) is 4.62. The summed E-state index contributed by atoms with van der Waals surface area (Å²) in [5, 5.41) is 1.33. The Labute approximate surface area is 131 Å². The van der Waals surface area contributed by atoms with Crippen LogP contribution in [0.3, 0.4) is 0 Å². The Morgan fingerprint density at radius 1 is 1.15 bits per heavy atom. The molecule has 0 saturated heterocycles. The molecule has 0 heterocycles. The van der Waals surface area contributed by atoms with Crippen LogP contribution in [-0.4, -0.2) is 31.6 Å². The van der Waals surface area contributed by atoms with Crippen molar-refractivity contribution >= 4 is 26.3 Å². The zero-order valence-corrected chi connectivity index (χ0v) is 15.2. The molecule has 2 nitrogen and oxygen atoms in total. The SMILES string of the molecule is CCCCC(S)O[Si](C)(c1ccccc1)N(CC)CC. The van der Waals surface area contributed by atoms with Gasteiger partial charge in [-0.25, -0.2) is 0 Å². The molecule has 114 valence electrons. The summed E-state index contributed by atoms with van der Waals surface area (Å²) >= 11 is 4.67. The summed E-state index contributed by atoms with van der Waals surface area (Å²) in [7, 11) is -2.11. The summed E-state index contributed by atoms with van der Waals surface area (Å²) in [6.45, 7) is 11.0. The quantitative estimate of drug-likeness (QED) is 0.423. The van der Waals surface area contributed by atoms with Crippen LogP contribution < -0.4 is 5.19 Å². The maximum atomic E-state index is 6.50. The molecule has 2 unspecified atom stereocenters. The van der Waals surface area contributed by atoms with Crippen LogP contribution in [0.25, 0.3) is 0 Å². The van der Waals surface area contributed by atoms with E-state index < -0.39 is 8.48 Å². The fraction of sp³-hybridized carbons (Fsp3) is 0.625. The smallest absolute Gasteiger partial charge is 0.302 e. The first kappa shape index (κ1) is 17.8. The molecule has 0 N–H and O–H groups in total. The van der Waals surface area contributed by atoms with Gasteiger partial charge in [-0.3, -0.25) is 4.57 Å². The van der Waals surface area contributed by atoms with Crippen LogP contribution in [0, 0.1) is 0 Å². The van der Waals surface area contributed by atoms with Crippen LogP contribution in [-0.2, 0) is 4.43 Å². The second-order valence-corrected chi connectivity index (χ2v) is 9.22. The maximum absolute atomic E-state index is 6.50. The Kier molecular flexibility index (Phi) is 7.88. The highest BCUT2D eigenvalue weighted by atomic mass is 32.1. The van der Waals surface area contributed by atoms with Gasteiger partial charge in [0.1, 0.15) is 0 Å². The molecular weight excluding hydrogens is 282 g/mol. The Morgan fingerprint density at radius 3 is 2.25 bits per heavy atom. The summed E-state index contributed by atoms with van der Waals surface area (Å²) in [6, 6.07) is 10.7. The van der Waals surface area contributed by atoms with E-state index in [2.05, 4.69) is 74.8 Å². The van der Waals surface area contributed by atoms with Gasteiger partial charge in [-0.1, -0.05) is 63.9 Å². The molecule has 20 heavy (non-hydrogen) atoms. The summed E-state index contributed by atoms with van der Waals surface area (Å²) in [5.74, 6) is 0. The molecule has 0 bridgehead atoms. The lowest BCUT2D eigenvalue weighted by atomic mass is 10.3. The van der Waals surface area contributed by atoms with Crippen LogP contribution in [0.1, 0.15) is 40.0 Å². The molecule has 0 fully saturated rings. The minimum atomic E-state index is -2.11. The van der Waals surface area contributed by atoms with Crippen LogP contribution in [0.5, 0.6) is 0 Å². The Balaban J connectivity index is 2.95. The van der Waals surface area contributed by atoms with Gasteiger partial charge in [0.15, 0.2) is 0 Å². The Bertz CT molecular complexity index is 372. The summed E-state index contributed by atoms with van der Waals surface area (Å²) < 4.78 is 8.98. The van der Waals surface area contributed by atoms with E-state index in [-0.39, 0.29) is 5.44 Å². The van der Waals surface area contributed by atoms with Crippen LogP contribution in [0.15, 0.2) is 30.3 Å². The third-order valence-corrected chi connectivity index (χ3v) is 8.40. The standard InChI is InChI=1S/C16H29NOSSi/c1-5-8-14-16(19)18-20(4,17(6-2)7-3)15-12-10-9-11-13-15/h9-13,16,19H,5-8,14H2,1-4H3. The molecule has 0 aliphatic rings. The lowest BCUT2D eigenvalue weighted by molar-refractivity contribution is 0.224. The molecule has 0 spiro atoms. The minimum absolute atomic E-state index is 0.0347. The summed E-state index contributed by atoms with van der Waals surface area (Å²) in [4.78, 5) is 0. The number of nitrogens with zero attached hydrogens (tertiary/aromatic N) is 1. The number of unbranched alkanes of at least 4 members (excludes halogenated alkanes) is 1. The molecule has 0 aliphatic heterocycles. The molecule has 0 aliphatic carbocycles. The lowest BCUT2D eigenvalue weighted by Gasteiger charge is -2.39. The highest BCUT2D eigenvalue weighted by Crippen LogP contribution is 2.19. The van der Waals surface area contributed by atoms with Crippen molar-refractivity contribution in [2.24, 2.45) is 0 Å². The lowest BCUT2D eigenvalue weighted by Crippen LogP contribution is -2.63. The fourth-order valence-corrected chi connectivity index (χ4v) is 6.72. The van der Waals surface area contributed by atoms with Gasteiger partial charge >= 0.3 is 8.48 Å². The molecule has 2 atom stereocenters. The summed E-state index contributed by atoms with van der Waals surface area (Å²) in [5.41, 5.74) is 0.0347. The molecule has 1 aromatic carbocycles. The number of rotatable bonds is 9. The number of hydrogen-bond acceptors (Lipinski definition) is 3. The van der Waals surface area contributed by atoms with E-state index in [1.807, 2.05) is 0 Å². The zero-order chi connectivity index (χ0) is 15.0. The van der Waals surface area contributed by atoms with Gasteiger partial charge in [-0.2, -0.15) is 0 Å². The van der Waals surface area contributed by atoms with Crippen molar-refractivity contribution in [3.8, 4) is 0 Å². The number of benzene rings is 1. The van der Waals surface area contributed by atoms with E-state index >= 15 is 0 Å². The third-order valence-electron chi connectivity index (χ3n) is 3.85. The molecule has 4 heteroatoms. The van der Waals surface area contributed by atoms with Gasteiger partial charge in [0.2, 0.25) is 0 Å². The first-order valence-electron chi connectivity index (χ1n) is 7.74. The van der Waals surface area contributed by atoms with E-state index in [0.717, 1.165) is 19.5 Å². The van der Waals surface area contributed by atoms with Gasteiger partial charge in [-0.15, -0.1) is 12.6 Å². The zero-order valence-electron chi connectivity index (χ0n) is 13.3. The topological polar surface area (TPSA) is 12.5 Å². The number of hydrogen-bond donors (Lipinski definition) is 1. The Morgan fingerprint density at radius 2 is 1.75 bits per heavy atom. The molecule has 0 amide bonds. The molecule has 0 saturated carbocycles. The minimum Gasteiger partial charge on any atom is -0.388 e. The van der Waals surface area contributed by atoms with Crippen LogP contribution >= 0.6 is 12.6 Å². The van der Waals surface area contributed by atoms with Gasteiger partial charge in [0, 0.05) is 0 Å². The molecule has 0 aromatic heterocycles. The van der Waals surface area contributed by atoms with Gasteiger partial charge in [-0.05, 0) is 31.2 Å². The number of thiol groups is 1. The van der Waals surface area contributed by atoms with E-state index in [4.69, 9.17) is 4.43 Å². The maximum Gasteiger partial charge on any atom is 0.302 e. The van der Waals surface area contributed by atoms with Crippen molar-refractivity contribution in [3.63, 3.8) is 0 Å². The van der Waals surface area contributed by atoms with Crippen molar-refractivity contribution in [1.82, 2.24) is 4.57 Å². The van der Waals surface area contributed by atoms with Crippen molar-refractivity contribution < 1.29 is 4.43 Å². The van der Waals surface area contributed by atoms with Crippen LogP contribution in [0.4, 0.5) is 0 Å². The van der Waals surface area contributed by atoms with Gasteiger partial charge in [0.25, 0.3) is 0 Å². The van der Waals surface area contributed by atoms with E-state index in [9.17, 15) is 0 Å². The van der Waals surface area contributed by atoms with Crippen LogP contribution in [0.2, 0.25) is 6.55 Å². The predicted octanol–water partition coefficient (Wildman–Crippen LogP) is 3.77. The average Bonchev–Trinajstić information content (AvgIpc) is 2.47. The summed E-state index contributed by atoms with van der Waals surface area (Å²) in [6.07, 6.45) is 3.39. The monoisotopic (exact) mass is 311 g/mol. The highest BCUT2D eigenvalue weighted by Gasteiger charge is 2.39. The predicted molar refractivity (Wildman–Crippen MR) is 94.0 cm³/mol. The fourth-order valence-electron chi connectivity index (χ4n) is 2.60. The van der Waals surface area contributed by atoms with Gasteiger partial charge in [0.05, 0.1) is 5.44 Å². The van der Waals surface area contributed by atoms with Crippen molar-refractivity contribution in [3.05, 3.63) is 30.3 Å². The molecule has 1 aromatic rings. The Hall–Kier alpha value is -0.293. The van der Waals surface area contributed by atoms with Gasteiger partial charge < -0.3 is 4.43 Å². The van der Waals surface area contributed by atoms with Crippen molar-refractivity contribution in [2.75, 3.05) is 13.1 Å². The second kappa shape index (κ2) is 8.88. The first-order valence-corrected chi connectivity index (χ1v) is 10.6. The van der Waals surface area contributed by atoms with Crippen molar-refractivity contribution in [2.45, 2.75) is 52.0 Å². The normalized spacial score (nSPS) is 16.1. The first-order chi connectivity index (χ1) is 9.58. The highest BCUT2D eigenvalue weighted by molar-refractivity contribution is 7.80. The van der Waals surface area contributed by atoms with E-state index in [0.29, 0.717) is 0 Å². The largest absolute Gasteiger partial charge is 0.388 e.